The van der Waals surface area contributed by atoms with Crippen molar-refractivity contribution in [3.8, 4) is 22.8 Å². The molecule has 0 spiro atoms. The summed E-state index contributed by atoms with van der Waals surface area (Å²) in [5, 5.41) is 4.21. The maximum Gasteiger partial charge on any atom is 0.235 e. The lowest BCUT2D eigenvalue weighted by molar-refractivity contribution is 0.311. The molecule has 4 aromatic rings. The Hall–Kier alpha value is -3.25. The molecule has 2 aromatic carbocycles. The van der Waals surface area contributed by atoms with Crippen LogP contribution in [0, 0.1) is 0 Å². The molecule has 0 aliphatic heterocycles. The minimum Gasteiger partial charge on any atom is -0.493 e. The van der Waals surface area contributed by atoms with E-state index in [1.807, 2.05) is 66.1 Å². The van der Waals surface area contributed by atoms with Gasteiger partial charge in [-0.3, -0.25) is 4.40 Å². The fraction of sp³-hybridized carbons (Fsp3) is 0.182. The Kier molecular flexibility index (Phi) is 5.53. The molecule has 0 unspecified atom stereocenters. The molecule has 0 saturated carbocycles. The van der Waals surface area contributed by atoms with E-state index in [1.165, 1.54) is 0 Å². The number of halogens is 1. The number of hydrogen-bond donors (Lipinski definition) is 1. The highest BCUT2D eigenvalue weighted by atomic mass is 35.5. The minimum atomic E-state index is 0.571. The monoisotopic (exact) mass is 408 g/mol. The molecule has 0 radical (unpaired) electrons. The van der Waals surface area contributed by atoms with Crippen LogP contribution in [0.3, 0.4) is 0 Å². The second-order valence-electron chi connectivity index (χ2n) is 6.38. The topological polar surface area (TPSA) is 60.7 Å². The number of nitrogens with one attached hydrogen (secondary N) is 1. The lowest BCUT2D eigenvalue weighted by atomic mass is 10.1. The van der Waals surface area contributed by atoms with Crippen LogP contribution in [0.5, 0.6) is 11.5 Å². The van der Waals surface area contributed by atoms with Gasteiger partial charge in [-0.2, -0.15) is 0 Å². The predicted octanol–water partition coefficient (Wildman–Crippen LogP) is 5.07. The Morgan fingerprint density at radius 1 is 1.10 bits per heavy atom. The van der Waals surface area contributed by atoms with Gasteiger partial charge in [-0.05, 0) is 48.9 Å². The lowest BCUT2D eigenvalue weighted by Crippen LogP contribution is -2.03. The first kappa shape index (κ1) is 19.1. The molecule has 148 valence electrons. The largest absolute Gasteiger partial charge is 0.493 e. The van der Waals surface area contributed by atoms with Gasteiger partial charge in [-0.15, -0.1) is 0 Å². The number of anilines is 1. The van der Waals surface area contributed by atoms with E-state index in [2.05, 4.69) is 10.3 Å². The molecule has 7 heteroatoms. The van der Waals surface area contributed by atoms with Crippen molar-refractivity contribution in [2.24, 2.45) is 0 Å². The van der Waals surface area contributed by atoms with Gasteiger partial charge in [0.25, 0.3) is 0 Å². The number of fused-ring (bicyclic) bond motifs is 1. The van der Waals surface area contributed by atoms with Gasteiger partial charge in [0.1, 0.15) is 11.5 Å². The first-order valence-electron chi connectivity index (χ1n) is 9.32. The van der Waals surface area contributed by atoms with Crippen LogP contribution in [-0.4, -0.2) is 28.1 Å². The molecular formula is C22H21ClN4O2. The molecule has 0 aliphatic carbocycles. The van der Waals surface area contributed by atoms with Crippen LogP contribution >= 0.6 is 11.6 Å². The Morgan fingerprint density at radius 2 is 1.93 bits per heavy atom. The Bertz CT molecular complexity index is 1130. The molecule has 0 amide bonds. The minimum absolute atomic E-state index is 0.571. The molecule has 0 saturated heterocycles. The van der Waals surface area contributed by atoms with Gasteiger partial charge < -0.3 is 14.8 Å². The van der Waals surface area contributed by atoms with Crippen molar-refractivity contribution in [1.82, 2.24) is 14.4 Å². The quantitative estimate of drug-likeness (QED) is 0.462. The van der Waals surface area contributed by atoms with Crippen LogP contribution in [0.1, 0.15) is 12.5 Å². The van der Waals surface area contributed by atoms with Crippen LogP contribution in [0.15, 0.2) is 60.9 Å². The van der Waals surface area contributed by atoms with Crippen LogP contribution in [-0.2, 0) is 6.54 Å². The number of methoxy groups -OCH3 is 1. The molecule has 0 fully saturated rings. The summed E-state index contributed by atoms with van der Waals surface area (Å²) in [6, 6.07) is 15.4. The Morgan fingerprint density at radius 3 is 2.69 bits per heavy atom. The second-order valence-corrected chi connectivity index (χ2v) is 6.81. The van der Waals surface area contributed by atoms with E-state index in [9.17, 15) is 0 Å². The summed E-state index contributed by atoms with van der Waals surface area (Å²) in [5.41, 5.74) is 2.82. The van der Waals surface area contributed by atoms with Gasteiger partial charge in [-0.25, -0.2) is 9.97 Å². The highest BCUT2D eigenvalue weighted by molar-refractivity contribution is 6.30. The average Bonchev–Trinajstić information content (AvgIpc) is 3.12. The van der Waals surface area contributed by atoms with Gasteiger partial charge in [0, 0.05) is 29.5 Å². The number of hydrogen-bond acceptors (Lipinski definition) is 5. The van der Waals surface area contributed by atoms with Crippen molar-refractivity contribution in [3.05, 3.63) is 71.5 Å². The van der Waals surface area contributed by atoms with Crippen molar-refractivity contribution in [1.29, 1.82) is 0 Å². The van der Waals surface area contributed by atoms with Gasteiger partial charge in [0.15, 0.2) is 11.5 Å². The molecule has 29 heavy (non-hydrogen) atoms. The molecular weight excluding hydrogens is 388 g/mol. The van der Waals surface area contributed by atoms with Crippen LogP contribution < -0.4 is 14.8 Å². The standard InChI is InChI=1S/C22H21ClN4O2/c1-3-29-18-10-7-16(13-19(18)28-2)20-21(27-12-4-11-24-22(27)26-20)25-14-15-5-8-17(23)9-6-15/h4-13,25H,3,14H2,1-2H3. The normalized spacial score (nSPS) is 10.9. The van der Waals surface area contributed by atoms with E-state index < -0.39 is 0 Å². The smallest absolute Gasteiger partial charge is 0.235 e. The number of benzene rings is 2. The number of rotatable bonds is 7. The number of ether oxygens (including phenoxy) is 2. The van der Waals surface area contributed by atoms with Crippen molar-refractivity contribution >= 4 is 23.2 Å². The highest BCUT2D eigenvalue weighted by Gasteiger charge is 2.16. The number of aromatic nitrogens is 3. The summed E-state index contributed by atoms with van der Waals surface area (Å²) in [6.07, 6.45) is 3.67. The summed E-state index contributed by atoms with van der Waals surface area (Å²) in [7, 11) is 1.63. The van der Waals surface area contributed by atoms with Crippen LogP contribution in [0.2, 0.25) is 5.02 Å². The third-order valence-electron chi connectivity index (χ3n) is 4.51. The first-order chi connectivity index (χ1) is 14.2. The maximum absolute atomic E-state index is 5.99. The lowest BCUT2D eigenvalue weighted by Gasteiger charge is -2.12. The average molecular weight is 409 g/mol. The molecule has 2 aromatic heterocycles. The number of imidazole rings is 1. The summed E-state index contributed by atoms with van der Waals surface area (Å²) >= 11 is 5.99. The molecule has 4 rings (SSSR count). The van der Waals surface area contributed by atoms with E-state index >= 15 is 0 Å². The molecule has 0 atom stereocenters. The van der Waals surface area contributed by atoms with E-state index in [0.29, 0.717) is 30.4 Å². The van der Waals surface area contributed by atoms with Crippen molar-refractivity contribution in [2.75, 3.05) is 19.0 Å². The fourth-order valence-electron chi connectivity index (χ4n) is 3.14. The Labute approximate surface area is 174 Å². The van der Waals surface area contributed by atoms with E-state index in [1.54, 1.807) is 13.3 Å². The summed E-state index contributed by atoms with van der Waals surface area (Å²) in [6.45, 7) is 3.14. The fourth-order valence-corrected chi connectivity index (χ4v) is 3.26. The van der Waals surface area contributed by atoms with Crippen molar-refractivity contribution in [3.63, 3.8) is 0 Å². The molecule has 1 N–H and O–H groups in total. The van der Waals surface area contributed by atoms with E-state index in [-0.39, 0.29) is 0 Å². The van der Waals surface area contributed by atoms with Crippen molar-refractivity contribution < 1.29 is 9.47 Å². The van der Waals surface area contributed by atoms with Crippen molar-refractivity contribution in [2.45, 2.75) is 13.5 Å². The zero-order valence-corrected chi connectivity index (χ0v) is 17.0. The summed E-state index contributed by atoms with van der Waals surface area (Å²) in [4.78, 5) is 9.11. The third-order valence-corrected chi connectivity index (χ3v) is 4.77. The number of nitrogens with zero attached hydrogens (tertiary/aromatic N) is 3. The van der Waals surface area contributed by atoms with E-state index in [0.717, 1.165) is 27.7 Å². The van der Waals surface area contributed by atoms with Crippen LogP contribution in [0.25, 0.3) is 17.0 Å². The summed E-state index contributed by atoms with van der Waals surface area (Å²) in [5.74, 6) is 2.84. The first-order valence-corrected chi connectivity index (χ1v) is 9.70. The molecule has 0 aliphatic rings. The zero-order chi connectivity index (χ0) is 20.2. The molecule has 6 nitrogen and oxygen atoms in total. The Balaban J connectivity index is 1.74. The molecule has 0 bridgehead atoms. The SMILES string of the molecule is CCOc1ccc(-c2nc3ncccn3c2NCc2ccc(Cl)cc2)cc1OC. The summed E-state index contributed by atoms with van der Waals surface area (Å²) < 4.78 is 13.1. The van der Waals surface area contributed by atoms with Gasteiger partial charge in [0.2, 0.25) is 5.78 Å². The van der Waals surface area contributed by atoms with Gasteiger partial charge >= 0.3 is 0 Å². The second kappa shape index (κ2) is 8.41. The molecule has 2 heterocycles. The van der Waals surface area contributed by atoms with Crippen LogP contribution in [0.4, 0.5) is 5.82 Å². The zero-order valence-electron chi connectivity index (χ0n) is 16.2. The van der Waals surface area contributed by atoms with E-state index in [4.69, 9.17) is 26.1 Å². The highest BCUT2D eigenvalue weighted by Crippen LogP contribution is 2.35. The maximum atomic E-state index is 5.99. The predicted molar refractivity (Wildman–Crippen MR) is 115 cm³/mol. The van der Waals surface area contributed by atoms with Gasteiger partial charge in [0.05, 0.1) is 13.7 Å². The van der Waals surface area contributed by atoms with Gasteiger partial charge in [-0.1, -0.05) is 23.7 Å². The third kappa shape index (κ3) is 3.98.